The maximum Gasteiger partial charge on any atom is 0.269 e. The van der Waals surface area contributed by atoms with Gasteiger partial charge >= 0.3 is 0 Å². The highest BCUT2D eigenvalue weighted by atomic mass is 16.6. The van der Waals surface area contributed by atoms with Crippen molar-refractivity contribution in [3.05, 3.63) is 81.0 Å². The van der Waals surface area contributed by atoms with Crippen molar-refractivity contribution in [3.63, 3.8) is 0 Å². The largest absolute Gasteiger partial charge is 0.349 e. The van der Waals surface area contributed by atoms with Crippen molar-refractivity contribution in [2.24, 2.45) is 0 Å². The molecule has 1 amide bonds. The van der Waals surface area contributed by atoms with Crippen molar-refractivity contribution in [2.45, 2.75) is 39.8 Å². The number of nitriles is 1. The van der Waals surface area contributed by atoms with E-state index in [1.165, 1.54) is 12.1 Å². The highest BCUT2D eigenvalue weighted by molar-refractivity contribution is 6.04. The van der Waals surface area contributed by atoms with E-state index in [2.05, 4.69) is 9.88 Å². The van der Waals surface area contributed by atoms with Gasteiger partial charge in [0.05, 0.1) is 4.92 Å². The van der Waals surface area contributed by atoms with Gasteiger partial charge in [-0.15, -0.1) is 0 Å². The van der Waals surface area contributed by atoms with E-state index in [-0.39, 0.29) is 23.2 Å². The molecule has 158 valence electrons. The maximum absolute atomic E-state index is 12.5. The lowest BCUT2D eigenvalue weighted by molar-refractivity contribution is -0.384. The molecule has 7 heteroatoms. The summed E-state index contributed by atoms with van der Waals surface area (Å²) in [7, 11) is 0. The topological polar surface area (TPSA) is 101 Å². The van der Waals surface area contributed by atoms with Gasteiger partial charge in [-0.2, -0.15) is 5.26 Å². The molecule has 31 heavy (non-hydrogen) atoms. The van der Waals surface area contributed by atoms with Crippen molar-refractivity contribution >= 4 is 28.6 Å². The molecule has 1 N–H and O–H groups in total. The Labute approximate surface area is 180 Å². The van der Waals surface area contributed by atoms with E-state index in [0.29, 0.717) is 6.54 Å². The van der Waals surface area contributed by atoms with E-state index in [9.17, 15) is 20.2 Å². The molecule has 0 aliphatic heterocycles. The first-order valence-electron chi connectivity index (χ1n) is 10.1. The first kappa shape index (κ1) is 21.8. The third-order valence-corrected chi connectivity index (χ3v) is 5.41. The zero-order valence-electron chi connectivity index (χ0n) is 17.8. The third kappa shape index (κ3) is 4.64. The third-order valence-electron chi connectivity index (χ3n) is 5.41. The molecule has 0 spiro atoms. The van der Waals surface area contributed by atoms with Gasteiger partial charge in [-0.25, -0.2) is 0 Å². The number of hydrogen-bond acceptors (Lipinski definition) is 4. The summed E-state index contributed by atoms with van der Waals surface area (Å²) in [5.41, 5.74) is 3.70. The number of nitrogens with one attached hydrogen (secondary N) is 1. The normalized spacial score (nSPS) is 12.4. The molecule has 0 saturated carbocycles. The molecule has 0 fully saturated rings. The van der Waals surface area contributed by atoms with Crippen LogP contribution in [0.2, 0.25) is 0 Å². The second-order valence-corrected chi connectivity index (χ2v) is 7.48. The van der Waals surface area contributed by atoms with Gasteiger partial charge in [-0.3, -0.25) is 14.9 Å². The number of nitro groups is 1. The van der Waals surface area contributed by atoms with E-state index < -0.39 is 4.92 Å². The number of carbonyl (C=O) groups is 1. The fourth-order valence-corrected chi connectivity index (χ4v) is 3.45. The average molecular weight is 416 g/mol. The standard InChI is InChI=1S/C24H24N4O3/c1-4-16(2)26-24(29)19(14-25)13-22-17(3)27(23-8-6-5-7-21(22)23)15-18-9-11-20(12-10-18)28(30)31/h5-13,16H,4,15H2,1-3H3,(H,26,29)/b19-13+/t16-/m1/s1. The van der Waals surface area contributed by atoms with Gasteiger partial charge in [0.25, 0.3) is 11.6 Å². The summed E-state index contributed by atoms with van der Waals surface area (Å²) < 4.78 is 2.09. The number of fused-ring (bicyclic) bond motifs is 1. The van der Waals surface area contributed by atoms with Crippen molar-refractivity contribution < 1.29 is 9.72 Å². The van der Waals surface area contributed by atoms with Crippen LogP contribution in [0.15, 0.2) is 54.1 Å². The number of nitro benzene ring substituents is 1. The maximum atomic E-state index is 12.5. The Morgan fingerprint density at radius 3 is 2.55 bits per heavy atom. The summed E-state index contributed by atoms with van der Waals surface area (Å²) in [5.74, 6) is -0.386. The van der Waals surface area contributed by atoms with E-state index in [1.807, 2.05) is 51.1 Å². The van der Waals surface area contributed by atoms with E-state index in [0.717, 1.165) is 34.1 Å². The first-order valence-corrected chi connectivity index (χ1v) is 10.1. The smallest absolute Gasteiger partial charge is 0.269 e. The first-order chi connectivity index (χ1) is 14.8. The highest BCUT2D eigenvalue weighted by Crippen LogP contribution is 2.29. The van der Waals surface area contributed by atoms with Crippen molar-refractivity contribution in [1.29, 1.82) is 5.26 Å². The summed E-state index contributed by atoms with van der Waals surface area (Å²) in [6, 6.07) is 16.3. The van der Waals surface area contributed by atoms with Crippen LogP contribution in [0, 0.1) is 28.4 Å². The Bertz CT molecular complexity index is 1200. The van der Waals surface area contributed by atoms with Crippen LogP contribution in [0.25, 0.3) is 17.0 Å². The van der Waals surface area contributed by atoms with Gasteiger partial charge in [0.15, 0.2) is 0 Å². The number of para-hydroxylation sites is 1. The molecule has 1 heterocycles. The molecule has 0 saturated heterocycles. The Morgan fingerprint density at radius 1 is 1.26 bits per heavy atom. The Morgan fingerprint density at radius 2 is 1.94 bits per heavy atom. The summed E-state index contributed by atoms with van der Waals surface area (Å²) in [6.45, 7) is 6.32. The summed E-state index contributed by atoms with van der Waals surface area (Å²) >= 11 is 0. The molecule has 1 atom stereocenters. The molecule has 0 bridgehead atoms. The van der Waals surface area contributed by atoms with Gasteiger partial charge in [0.2, 0.25) is 0 Å². The zero-order valence-corrected chi connectivity index (χ0v) is 17.8. The van der Waals surface area contributed by atoms with Crippen molar-refractivity contribution in [2.75, 3.05) is 0 Å². The second-order valence-electron chi connectivity index (χ2n) is 7.48. The zero-order chi connectivity index (χ0) is 22.5. The molecule has 0 unspecified atom stereocenters. The van der Waals surface area contributed by atoms with Crippen LogP contribution >= 0.6 is 0 Å². The summed E-state index contributed by atoms with van der Waals surface area (Å²) in [5, 5.41) is 24.3. The lowest BCUT2D eigenvalue weighted by atomic mass is 10.1. The SMILES string of the molecule is CC[C@@H](C)NC(=O)/C(C#N)=C/c1c(C)n(Cc2ccc([N+](=O)[O-])cc2)c2ccccc12. The van der Waals surface area contributed by atoms with E-state index in [4.69, 9.17) is 0 Å². The lowest BCUT2D eigenvalue weighted by Crippen LogP contribution is -2.32. The molecular formula is C24H24N4O3. The number of aromatic nitrogens is 1. The average Bonchev–Trinajstić information content (AvgIpc) is 3.03. The van der Waals surface area contributed by atoms with E-state index >= 15 is 0 Å². The number of nitrogens with zero attached hydrogens (tertiary/aromatic N) is 3. The van der Waals surface area contributed by atoms with E-state index in [1.54, 1.807) is 18.2 Å². The number of benzene rings is 2. The van der Waals surface area contributed by atoms with Gasteiger partial charge < -0.3 is 9.88 Å². The van der Waals surface area contributed by atoms with Gasteiger partial charge in [0, 0.05) is 46.9 Å². The minimum absolute atomic E-state index is 0.0196. The Hall–Kier alpha value is -3.92. The number of rotatable bonds is 7. The van der Waals surface area contributed by atoms with Crippen molar-refractivity contribution in [1.82, 2.24) is 9.88 Å². The number of amides is 1. The molecule has 0 radical (unpaired) electrons. The Kier molecular flexibility index (Phi) is 6.51. The van der Waals surface area contributed by atoms with Crippen LogP contribution in [0.3, 0.4) is 0 Å². The number of hydrogen-bond donors (Lipinski definition) is 1. The second kappa shape index (κ2) is 9.26. The minimum Gasteiger partial charge on any atom is -0.349 e. The van der Waals surface area contributed by atoms with Crippen molar-refractivity contribution in [3.8, 4) is 6.07 Å². The molecule has 2 aromatic carbocycles. The van der Waals surface area contributed by atoms with Crippen LogP contribution in [0.1, 0.15) is 37.1 Å². The monoisotopic (exact) mass is 416 g/mol. The lowest BCUT2D eigenvalue weighted by Gasteiger charge is -2.10. The van der Waals surface area contributed by atoms with Crippen LogP contribution < -0.4 is 5.32 Å². The van der Waals surface area contributed by atoms with Crippen LogP contribution in [-0.4, -0.2) is 21.4 Å². The summed E-state index contributed by atoms with van der Waals surface area (Å²) in [4.78, 5) is 23.0. The minimum atomic E-state index is -0.420. The fraction of sp³-hybridized carbons (Fsp3) is 0.250. The molecule has 3 aromatic rings. The molecular weight excluding hydrogens is 392 g/mol. The molecule has 0 aliphatic carbocycles. The van der Waals surface area contributed by atoms with Crippen LogP contribution in [0.4, 0.5) is 5.69 Å². The predicted octanol–water partition coefficient (Wildman–Crippen LogP) is 4.73. The fourth-order valence-electron chi connectivity index (χ4n) is 3.45. The van der Waals surface area contributed by atoms with Gasteiger partial charge in [0.1, 0.15) is 11.6 Å². The molecule has 7 nitrogen and oxygen atoms in total. The Balaban J connectivity index is 2.04. The molecule has 3 rings (SSSR count). The van der Waals surface area contributed by atoms with Crippen LogP contribution in [-0.2, 0) is 11.3 Å². The van der Waals surface area contributed by atoms with Gasteiger partial charge in [-0.05, 0) is 38.0 Å². The summed E-state index contributed by atoms with van der Waals surface area (Å²) in [6.07, 6.45) is 2.42. The quantitative estimate of drug-likeness (QED) is 0.260. The number of carbonyl (C=O) groups excluding carboxylic acids is 1. The number of non-ortho nitro benzene ring substituents is 1. The van der Waals surface area contributed by atoms with Crippen LogP contribution in [0.5, 0.6) is 0 Å². The predicted molar refractivity (Wildman–Crippen MR) is 120 cm³/mol. The molecule has 0 aliphatic rings. The molecule has 1 aromatic heterocycles. The van der Waals surface area contributed by atoms with Gasteiger partial charge in [-0.1, -0.05) is 37.3 Å². The highest BCUT2D eigenvalue weighted by Gasteiger charge is 2.17.